The lowest BCUT2D eigenvalue weighted by Crippen LogP contribution is -1.24. The van der Waals surface area contributed by atoms with E-state index in [1.165, 1.54) is 19.3 Å². The molecule has 6 heavy (non-hydrogen) atoms. The van der Waals surface area contributed by atoms with E-state index in [2.05, 4.69) is 0 Å². The summed E-state index contributed by atoms with van der Waals surface area (Å²) < 4.78 is 0. The minimum absolute atomic E-state index is 0.917. The first kappa shape index (κ1) is 6.35. The van der Waals surface area contributed by atoms with E-state index in [4.69, 9.17) is 9.79 Å². The molecule has 3 heteroatoms. The topological polar surface area (TPSA) is 40.5 Å². The summed E-state index contributed by atoms with van der Waals surface area (Å²) in [5, 5.41) is 0. The SMILES string of the molecule is C1CC1.OPO. The van der Waals surface area contributed by atoms with E-state index in [0.717, 1.165) is 0 Å². The Balaban J connectivity index is 0.0000000833. The zero-order valence-corrected chi connectivity index (χ0v) is 4.52. The lowest BCUT2D eigenvalue weighted by atomic mass is 11.0. The van der Waals surface area contributed by atoms with Gasteiger partial charge in [-0.05, 0) is 0 Å². The third-order valence-electron chi connectivity index (χ3n) is 0.354. The standard InChI is InChI=1S/C3H6.H3O2P/c1-2-3-1;1-3-2/h1-3H2;1-3H. The molecule has 0 aromatic heterocycles. The second kappa shape index (κ2) is 5.35. The minimum atomic E-state index is -0.917. The van der Waals surface area contributed by atoms with Crippen LogP contribution in [0.2, 0.25) is 0 Å². The summed E-state index contributed by atoms with van der Waals surface area (Å²) in [6.07, 6.45) is 4.50. The maximum Gasteiger partial charge on any atom is 0.149 e. The van der Waals surface area contributed by atoms with Gasteiger partial charge in [-0.2, -0.15) is 0 Å². The summed E-state index contributed by atoms with van der Waals surface area (Å²) in [6, 6.07) is 0. The zero-order chi connectivity index (χ0) is 4.83. The summed E-state index contributed by atoms with van der Waals surface area (Å²) in [4.78, 5) is 14.3. The molecule has 1 fully saturated rings. The first-order chi connectivity index (χ1) is 2.91. The monoisotopic (exact) mass is 108 g/mol. The lowest BCUT2D eigenvalue weighted by molar-refractivity contribution is 0.513. The molecule has 0 aliphatic heterocycles. The summed E-state index contributed by atoms with van der Waals surface area (Å²) in [6.45, 7) is 0. The van der Waals surface area contributed by atoms with Crippen LogP contribution in [0.4, 0.5) is 0 Å². The van der Waals surface area contributed by atoms with Gasteiger partial charge < -0.3 is 9.79 Å². The molecule has 0 aromatic rings. The maximum absolute atomic E-state index is 7.15. The van der Waals surface area contributed by atoms with Gasteiger partial charge in [0.15, 0.2) is 0 Å². The molecular weight excluding hydrogens is 99.0 g/mol. The second-order valence-corrected chi connectivity index (χ2v) is 1.36. The molecule has 0 radical (unpaired) electrons. The molecule has 0 unspecified atom stereocenters. The molecule has 1 rings (SSSR count). The quantitative estimate of drug-likeness (QED) is 0.447. The molecule has 0 bridgehead atoms. The van der Waals surface area contributed by atoms with Gasteiger partial charge in [0.2, 0.25) is 0 Å². The van der Waals surface area contributed by atoms with Crippen molar-refractivity contribution in [1.82, 2.24) is 0 Å². The summed E-state index contributed by atoms with van der Waals surface area (Å²) >= 11 is 0. The van der Waals surface area contributed by atoms with Gasteiger partial charge in [0.1, 0.15) is 9.03 Å². The van der Waals surface area contributed by atoms with Crippen molar-refractivity contribution in [3.05, 3.63) is 0 Å². The van der Waals surface area contributed by atoms with Crippen molar-refractivity contribution in [2.24, 2.45) is 0 Å². The normalized spacial score (nSPS) is 15.0. The van der Waals surface area contributed by atoms with Gasteiger partial charge in [0.05, 0.1) is 0 Å². The molecule has 0 amide bonds. The van der Waals surface area contributed by atoms with Crippen LogP contribution in [0, 0.1) is 0 Å². The Morgan fingerprint density at radius 1 is 1.00 bits per heavy atom. The van der Waals surface area contributed by atoms with Gasteiger partial charge in [-0.25, -0.2) is 0 Å². The van der Waals surface area contributed by atoms with Gasteiger partial charge in [-0.15, -0.1) is 0 Å². The molecule has 2 N–H and O–H groups in total. The fourth-order valence-electron chi connectivity index (χ4n) is 0. The second-order valence-electron chi connectivity index (χ2n) is 1.16. The van der Waals surface area contributed by atoms with Crippen LogP contribution >= 0.6 is 9.03 Å². The molecule has 0 aromatic carbocycles. The van der Waals surface area contributed by atoms with E-state index < -0.39 is 9.03 Å². The molecule has 2 nitrogen and oxygen atoms in total. The van der Waals surface area contributed by atoms with Crippen LogP contribution in [0.25, 0.3) is 0 Å². The Labute approximate surface area is 39.1 Å². The van der Waals surface area contributed by atoms with Crippen molar-refractivity contribution < 1.29 is 9.79 Å². The van der Waals surface area contributed by atoms with Crippen molar-refractivity contribution in [2.75, 3.05) is 0 Å². The van der Waals surface area contributed by atoms with Crippen LogP contribution in [0.5, 0.6) is 0 Å². The van der Waals surface area contributed by atoms with Crippen LogP contribution in [-0.4, -0.2) is 9.79 Å². The Bertz CT molecular complexity index is 20.0. The van der Waals surface area contributed by atoms with E-state index in [-0.39, 0.29) is 0 Å². The highest BCUT2D eigenvalue weighted by molar-refractivity contribution is 7.23. The first-order valence-corrected chi connectivity index (χ1v) is 2.84. The number of hydrogen-bond donors (Lipinski definition) is 2. The van der Waals surface area contributed by atoms with Crippen molar-refractivity contribution in [3.63, 3.8) is 0 Å². The third-order valence-corrected chi connectivity index (χ3v) is 0.354. The van der Waals surface area contributed by atoms with Gasteiger partial charge in [0, 0.05) is 0 Å². The Morgan fingerprint density at radius 2 is 1.17 bits per heavy atom. The molecule has 38 valence electrons. The fraction of sp³-hybridized carbons (Fsp3) is 1.00. The Hall–Kier alpha value is 0.350. The lowest BCUT2D eigenvalue weighted by Gasteiger charge is -1.54. The highest BCUT2D eigenvalue weighted by Gasteiger charge is 1.95. The molecular formula is C3H9O2P. The van der Waals surface area contributed by atoms with E-state index in [1.54, 1.807) is 0 Å². The highest BCUT2D eigenvalue weighted by atomic mass is 31.1. The van der Waals surface area contributed by atoms with Crippen LogP contribution in [0.3, 0.4) is 0 Å². The van der Waals surface area contributed by atoms with E-state index in [9.17, 15) is 0 Å². The van der Waals surface area contributed by atoms with E-state index in [1.807, 2.05) is 0 Å². The van der Waals surface area contributed by atoms with Gasteiger partial charge in [-0.3, -0.25) is 0 Å². The average molecular weight is 108 g/mol. The number of rotatable bonds is 0. The minimum Gasteiger partial charge on any atom is -0.352 e. The Kier molecular flexibility index (Phi) is 5.66. The van der Waals surface area contributed by atoms with Crippen LogP contribution in [-0.2, 0) is 0 Å². The van der Waals surface area contributed by atoms with E-state index >= 15 is 0 Å². The highest BCUT2D eigenvalue weighted by Crippen LogP contribution is 2.14. The molecule has 0 spiro atoms. The van der Waals surface area contributed by atoms with Crippen LogP contribution in [0.1, 0.15) is 19.3 Å². The van der Waals surface area contributed by atoms with Crippen LogP contribution < -0.4 is 0 Å². The van der Waals surface area contributed by atoms with Crippen molar-refractivity contribution >= 4 is 9.03 Å². The molecule has 1 aliphatic rings. The molecule has 1 aliphatic carbocycles. The summed E-state index contributed by atoms with van der Waals surface area (Å²) in [5.74, 6) is 0. The zero-order valence-electron chi connectivity index (χ0n) is 3.52. The summed E-state index contributed by atoms with van der Waals surface area (Å²) in [7, 11) is -0.917. The predicted molar refractivity (Wildman–Crippen MR) is 26.6 cm³/mol. The predicted octanol–water partition coefficient (Wildman–Crippen LogP) is 0.650. The molecule has 0 heterocycles. The van der Waals surface area contributed by atoms with Gasteiger partial charge in [0.25, 0.3) is 0 Å². The van der Waals surface area contributed by atoms with Crippen molar-refractivity contribution in [3.8, 4) is 0 Å². The largest absolute Gasteiger partial charge is 0.352 e. The third kappa shape index (κ3) is 26.8. The van der Waals surface area contributed by atoms with Gasteiger partial charge >= 0.3 is 0 Å². The molecule has 0 atom stereocenters. The Morgan fingerprint density at radius 3 is 1.17 bits per heavy atom. The van der Waals surface area contributed by atoms with Crippen molar-refractivity contribution in [2.45, 2.75) is 19.3 Å². The van der Waals surface area contributed by atoms with E-state index in [0.29, 0.717) is 0 Å². The van der Waals surface area contributed by atoms with Crippen molar-refractivity contribution in [1.29, 1.82) is 0 Å². The van der Waals surface area contributed by atoms with Gasteiger partial charge in [-0.1, -0.05) is 19.3 Å². The number of hydrogen-bond acceptors (Lipinski definition) is 2. The average Bonchev–Trinajstić information content (AvgIpc) is 2.11. The summed E-state index contributed by atoms with van der Waals surface area (Å²) in [5.41, 5.74) is 0. The molecule has 0 saturated heterocycles. The smallest absolute Gasteiger partial charge is 0.149 e. The maximum atomic E-state index is 7.15. The first-order valence-electron chi connectivity index (χ1n) is 1.95. The fourth-order valence-corrected chi connectivity index (χ4v) is 0. The van der Waals surface area contributed by atoms with Crippen LogP contribution in [0.15, 0.2) is 0 Å². The molecule has 1 saturated carbocycles.